The highest BCUT2D eigenvalue weighted by atomic mass is 16.5. The van der Waals surface area contributed by atoms with Crippen LogP contribution in [0, 0.1) is 12.8 Å². The molecule has 2 aromatic rings. The van der Waals surface area contributed by atoms with Crippen molar-refractivity contribution < 1.29 is 9.32 Å². The molecule has 25 heavy (non-hydrogen) atoms. The highest BCUT2D eigenvalue weighted by Gasteiger charge is 2.19. The zero-order valence-corrected chi connectivity index (χ0v) is 14.6. The average molecular weight is 343 g/mol. The summed E-state index contributed by atoms with van der Waals surface area (Å²) in [5.74, 6) is 1.16. The molecule has 0 unspecified atom stereocenters. The molecule has 2 heterocycles. The molecule has 1 aromatic carbocycles. The Labute approximate surface area is 147 Å². The molecule has 7 heteroatoms. The van der Waals surface area contributed by atoms with Gasteiger partial charge in [-0.3, -0.25) is 10.2 Å². The van der Waals surface area contributed by atoms with Crippen molar-refractivity contribution in [1.82, 2.24) is 20.4 Å². The molecule has 1 aromatic heterocycles. The molecule has 0 saturated carbocycles. The van der Waals surface area contributed by atoms with E-state index < -0.39 is 0 Å². The summed E-state index contributed by atoms with van der Waals surface area (Å²) < 4.78 is 4.85. The number of carbonyl (C=O) groups excluding carboxylic acids is 1. The molecule has 134 valence electrons. The number of carbonyl (C=O) groups is 1. The molecular weight excluding hydrogens is 318 g/mol. The van der Waals surface area contributed by atoms with Crippen LogP contribution in [0.3, 0.4) is 0 Å². The Hall–Kier alpha value is -2.41. The van der Waals surface area contributed by atoms with Crippen LogP contribution in [0.4, 0.5) is 10.8 Å². The van der Waals surface area contributed by atoms with Crippen molar-refractivity contribution in [2.45, 2.75) is 32.7 Å². The number of nitrogens with zero attached hydrogens (tertiary/aromatic N) is 3. The van der Waals surface area contributed by atoms with Gasteiger partial charge >= 0.3 is 12.0 Å². The molecule has 0 spiro atoms. The van der Waals surface area contributed by atoms with Gasteiger partial charge in [-0.05, 0) is 50.8 Å². The Bertz CT molecular complexity index is 665. The Morgan fingerprint density at radius 1 is 1.28 bits per heavy atom. The number of likely N-dealkylation sites (tertiary alicyclic amines) is 1. The molecule has 3 rings (SSSR count). The van der Waals surface area contributed by atoms with Gasteiger partial charge in [-0.15, -0.1) is 0 Å². The van der Waals surface area contributed by atoms with Crippen LogP contribution in [-0.4, -0.2) is 40.7 Å². The van der Waals surface area contributed by atoms with E-state index in [1.807, 2.05) is 0 Å². The minimum atomic E-state index is -0.301. The van der Waals surface area contributed by atoms with E-state index in [0.717, 1.165) is 26.1 Å². The number of urea groups is 1. The lowest BCUT2D eigenvalue weighted by Gasteiger charge is -2.32. The fraction of sp³-hybridized carbons (Fsp3) is 0.500. The third kappa shape index (κ3) is 5.56. The first-order valence-corrected chi connectivity index (χ1v) is 8.80. The molecule has 1 fully saturated rings. The third-order valence-electron chi connectivity index (χ3n) is 4.54. The van der Waals surface area contributed by atoms with Crippen LogP contribution in [0.2, 0.25) is 0 Å². The van der Waals surface area contributed by atoms with E-state index in [1.165, 1.54) is 18.4 Å². The Balaban J connectivity index is 1.30. The molecule has 0 atom stereocenters. The number of anilines is 1. The number of benzene rings is 1. The SMILES string of the molecule is Cc1noc(NC(=O)NCCC2CCN(Cc3ccccc3)CC2)n1. The van der Waals surface area contributed by atoms with E-state index in [1.54, 1.807) is 6.92 Å². The average Bonchev–Trinajstić information content (AvgIpc) is 3.02. The number of aryl methyl sites for hydroxylation is 1. The van der Waals surface area contributed by atoms with E-state index in [0.29, 0.717) is 18.3 Å². The zero-order valence-electron chi connectivity index (χ0n) is 14.6. The van der Waals surface area contributed by atoms with Crippen molar-refractivity contribution in [1.29, 1.82) is 0 Å². The maximum atomic E-state index is 11.8. The number of aromatic nitrogens is 2. The number of nitrogens with one attached hydrogen (secondary N) is 2. The second kappa shape index (κ2) is 8.62. The molecule has 0 radical (unpaired) electrons. The number of piperidine rings is 1. The molecule has 1 aliphatic rings. The smallest absolute Gasteiger partial charge is 0.329 e. The number of rotatable bonds is 6. The quantitative estimate of drug-likeness (QED) is 0.843. The van der Waals surface area contributed by atoms with E-state index in [9.17, 15) is 4.79 Å². The van der Waals surface area contributed by atoms with Crippen LogP contribution in [-0.2, 0) is 6.54 Å². The molecule has 1 aliphatic heterocycles. The van der Waals surface area contributed by atoms with Gasteiger partial charge in [0.25, 0.3) is 0 Å². The maximum Gasteiger partial charge on any atom is 0.329 e. The summed E-state index contributed by atoms with van der Waals surface area (Å²) in [6.45, 7) is 5.62. The first kappa shape index (κ1) is 17.4. The van der Waals surface area contributed by atoms with Crippen molar-refractivity contribution in [3.8, 4) is 0 Å². The van der Waals surface area contributed by atoms with Gasteiger partial charge in [-0.1, -0.05) is 35.5 Å². The van der Waals surface area contributed by atoms with E-state index in [-0.39, 0.29) is 12.0 Å². The normalized spacial score (nSPS) is 15.9. The minimum Gasteiger partial charge on any atom is -0.338 e. The fourth-order valence-electron chi connectivity index (χ4n) is 3.15. The van der Waals surface area contributed by atoms with E-state index >= 15 is 0 Å². The second-order valence-corrected chi connectivity index (χ2v) is 6.52. The topological polar surface area (TPSA) is 83.3 Å². The first-order valence-electron chi connectivity index (χ1n) is 8.80. The van der Waals surface area contributed by atoms with Crippen molar-refractivity contribution in [3.05, 3.63) is 41.7 Å². The van der Waals surface area contributed by atoms with Gasteiger partial charge in [0.15, 0.2) is 5.82 Å². The number of amides is 2. The standard InChI is InChI=1S/C18H25N5O2/c1-14-20-18(25-22-14)21-17(24)19-10-7-15-8-11-23(12-9-15)13-16-5-3-2-4-6-16/h2-6,15H,7-13H2,1H3,(H2,19,20,21,22,24). The zero-order chi connectivity index (χ0) is 17.5. The summed E-state index contributed by atoms with van der Waals surface area (Å²) in [6.07, 6.45) is 3.35. The first-order chi connectivity index (χ1) is 12.2. The van der Waals surface area contributed by atoms with Gasteiger partial charge in [-0.2, -0.15) is 4.98 Å². The predicted molar refractivity (Wildman–Crippen MR) is 95.1 cm³/mol. The molecule has 2 N–H and O–H groups in total. The minimum absolute atomic E-state index is 0.129. The summed E-state index contributed by atoms with van der Waals surface area (Å²) in [6, 6.07) is 10.4. The van der Waals surface area contributed by atoms with E-state index in [2.05, 4.69) is 56.0 Å². The largest absolute Gasteiger partial charge is 0.338 e. The third-order valence-corrected chi connectivity index (χ3v) is 4.54. The van der Waals surface area contributed by atoms with Crippen LogP contribution in [0.5, 0.6) is 0 Å². The van der Waals surface area contributed by atoms with Gasteiger partial charge in [0.1, 0.15) is 0 Å². The maximum absolute atomic E-state index is 11.8. The lowest BCUT2D eigenvalue weighted by Crippen LogP contribution is -2.35. The van der Waals surface area contributed by atoms with Crippen LogP contribution >= 0.6 is 0 Å². The Morgan fingerprint density at radius 2 is 2.04 bits per heavy atom. The van der Waals surface area contributed by atoms with Crippen LogP contribution < -0.4 is 10.6 Å². The lowest BCUT2D eigenvalue weighted by molar-refractivity contribution is 0.172. The van der Waals surface area contributed by atoms with Gasteiger partial charge in [0.2, 0.25) is 0 Å². The summed E-state index contributed by atoms with van der Waals surface area (Å²) in [7, 11) is 0. The fourth-order valence-corrected chi connectivity index (χ4v) is 3.15. The van der Waals surface area contributed by atoms with Gasteiger partial charge < -0.3 is 9.84 Å². The number of hydrogen-bond donors (Lipinski definition) is 2. The molecule has 0 aliphatic carbocycles. The monoisotopic (exact) mass is 343 g/mol. The summed E-state index contributed by atoms with van der Waals surface area (Å²) >= 11 is 0. The van der Waals surface area contributed by atoms with E-state index in [4.69, 9.17) is 4.52 Å². The predicted octanol–water partition coefficient (Wildman–Crippen LogP) is 2.80. The Morgan fingerprint density at radius 3 is 2.72 bits per heavy atom. The van der Waals surface area contributed by atoms with Gasteiger partial charge in [0, 0.05) is 13.1 Å². The number of hydrogen-bond acceptors (Lipinski definition) is 5. The Kier molecular flexibility index (Phi) is 6.00. The van der Waals surface area contributed by atoms with Crippen molar-refractivity contribution in [2.75, 3.05) is 25.0 Å². The molecular formula is C18H25N5O2. The van der Waals surface area contributed by atoms with Gasteiger partial charge in [0.05, 0.1) is 0 Å². The van der Waals surface area contributed by atoms with Crippen LogP contribution in [0.25, 0.3) is 0 Å². The molecule has 2 amide bonds. The van der Waals surface area contributed by atoms with Crippen molar-refractivity contribution in [3.63, 3.8) is 0 Å². The molecule has 0 bridgehead atoms. The summed E-state index contributed by atoms with van der Waals surface area (Å²) in [5.41, 5.74) is 1.37. The van der Waals surface area contributed by atoms with Crippen LogP contribution in [0.1, 0.15) is 30.7 Å². The highest BCUT2D eigenvalue weighted by Crippen LogP contribution is 2.21. The summed E-state index contributed by atoms with van der Waals surface area (Å²) in [4.78, 5) is 18.2. The molecule has 1 saturated heterocycles. The molecule has 7 nitrogen and oxygen atoms in total. The highest BCUT2D eigenvalue weighted by molar-refractivity contribution is 5.86. The van der Waals surface area contributed by atoms with Crippen LogP contribution in [0.15, 0.2) is 34.9 Å². The second-order valence-electron chi connectivity index (χ2n) is 6.52. The van der Waals surface area contributed by atoms with Crippen molar-refractivity contribution >= 4 is 12.0 Å². The van der Waals surface area contributed by atoms with Crippen molar-refractivity contribution in [2.24, 2.45) is 5.92 Å². The lowest BCUT2D eigenvalue weighted by atomic mass is 9.93. The summed E-state index contributed by atoms with van der Waals surface area (Å²) in [5, 5.41) is 9.01. The van der Waals surface area contributed by atoms with Gasteiger partial charge in [-0.25, -0.2) is 4.79 Å².